The van der Waals surface area contributed by atoms with Crippen molar-refractivity contribution >= 4 is 23.9 Å². The van der Waals surface area contributed by atoms with E-state index in [0.29, 0.717) is 5.92 Å². The highest BCUT2D eigenvalue weighted by atomic mass is 35.5. The number of fused-ring (bicyclic) bond motifs is 6. The van der Waals surface area contributed by atoms with Crippen LogP contribution in [0, 0.1) is 0 Å². The SMILES string of the molecule is COc1ccc(C2CCN3c4ccc(OC)c(OC)c4C4=NCCN4C23)cc1OC.Cl. The van der Waals surface area contributed by atoms with Gasteiger partial charge in [-0.05, 0) is 36.2 Å². The molecule has 1 saturated heterocycles. The Kier molecular flexibility index (Phi) is 5.79. The molecule has 0 N–H and O–H groups in total. The number of hydrogen-bond donors (Lipinski definition) is 0. The molecule has 0 aliphatic carbocycles. The second-order valence-electron chi connectivity index (χ2n) is 7.71. The third-order valence-corrected chi connectivity index (χ3v) is 6.45. The Bertz CT molecular complexity index is 1010. The minimum absolute atomic E-state index is 0. The summed E-state index contributed by atoms with van der Waals surface area (Å²) in [7, 11) is 6.72. The number of hydrogen-bond acceptors (Lipinski definition) is 7. The summed E-state index contributed by atoms with van der Waals surface area (Å²) in [4.78, 5) is 9.79. The molecular weight excluding hydrogens is 418 g/mol. The zero-order chi connectivity index (χ0) is 20.8. The topological polar surface area (TPSA) is 55.8 Å². The molecule has 166 valence electrons. The van der Waals surface area contributed by atoms with Gasteiger partial charge in [-0.2, -0.15) is 0 Å². The summed E-state index contributed by atoms with van der Waals surface area (Å²) >= 11 is 0. The van der Waals surface area contributed by atoms with Gasteiger partial charge in [0.15, 0.2) is 23.0 Å². The maximum atomic E-state index is 5.77. The van der Waals surface area contributed by atoms with Crippen LogP contribution in [0.15, 0.2) is 35.3 Å². The minimum atomic E-state index is 0. The van der Waals surface area contributed by atoms with Gasteiger partial charge in [0.1, 0.15) is 12.0 Å². The molecule has 8 heteroatoms. The van der Waals surface area contributed by atoms with Crippen LogP contribution in [-0.4, -0.2) is 65.0 Å². The van der Waals surface area contributed by atoms with Gasteiger partial charge in [-0.1, -0.05) is 6.07 Å². The van der Waals surface area contributed by atoms with Crippen molar-refractivity contribution in [3.63, 3.8) is 0 Å². The largest absolute Gasteiger partial charge is 0.493 e. The van der Waals surface area contributed by atoms with Crippen LogP contribution < -0.4 is 23.8 Å². The van der Waals surface area contributed by atoms with E-state index in [1.807, 2.05) is 12.1 Å². The molecule has 0 spiro atoms. The number of aliphatic imine (C=N–C) groups is 1. The number of rotatable bonds is 5. The van der Waals surface area contributed by atoms with E-state index in [4.69, 9.17) is 23.9 Å². The van der Waals surface area contributed by atoms with Crippen molar-refractivity contribution < 1.29 is 18.9 Å². The smallest absolute Gasteiger partial charge is 0.173 e. The number of halogens is 1. The fraction of sp³-hybridized carbons (Fsp3) is 0.435. The van der Waals surface area contributed by atoms with Gasteiger partial charge in [0.25, 0.3) is 0 Å². The highest BCUT2D eigenvalue weighted by Gasteiger charge is 2.47. The second-order valence-corrected chi connectivity index (χ2v) is 7.71. The lowest BCUT2D eigenvalue weighted by molar-refractivity contribution is 0.305. The Morgan fingerprint density at radius 3 is 2.29 bits per heavy atom. The predicted octanol–water partition coefficient (Wildman–Crippen LogP) is 3.54. The molecule has 3 aliphatic heterocycles. The van der Waals surface area contributed by atoms with Crippen molar-refractivity contribution in [3.8, 4) is 23.0 Å². The third kappa shape index (κ3) is 3.14. The van der Waals surface area contributed by atoms with Crippen LogP contribution >= 0.6 is 12.4 Å². The molecule has 2 unspecified atom stereocenters. The van der Waals surface area contributed by atoms with Gasteiger partial charge >= 0.3 is 0 Å². The van der Waals surface area contributed by atoms with Crippen molar-refractivity contribution in [1.29, 1.82) is 0 Å². The average Bonchev–Trinajstić information content (AvgIpc) is 3.44. The molecule has 3 aliphatic rings. The summed E-state index contributed by atoms with van der Waals surface area (Å²) in [5.41, 5.74) is 3.46. The molecular formula is C23H28ClN3O4. The molecule has 0 radical (unpaired) electrons. The van der Waals surface area contributed by atoms with Gasteiger partial charge in [-0.25, -0.2) is 0 Å². The van der Waals surface area contributed by atoms with E-state index in [0.717, 1.165) is 66.1 Å². The van der Waals surface area contributed by atoms with E-state index in [1.165, 1.54) is 5.56 Å². The lowest BCUT2D eigenvalue weighted by atomic mass is 9.92. The standard InChI is InChI=1S/C23H27N3O4.ClH/c1-27-17-7-5-14(13-19(17)29-3)15-9-11-25-16-6-8-18(28-2)21(30-4)20(16)22-24-10-12-26(22)23(15)25;/h5-8,13,15,23H,9-12H2,1-4H3;1H. The number of anilines is 1. The first-order valence-corrected chi connectivity index (χ1v) is 10.3. The number of benzene rings is 2. The lowest BCUT2D eigenvalue weighted by Gasteiger charge is -2.44. The number of methoxy groups -OCH3 is 4. The Hall–Kier alpha value is -2.80. The summed E-state index contributed by atoms with van der Waals surface area (Å²) < 4.78 is 22.3. The zero-order valence-electron chi connectivity index (χ0n) is 18.3. The maximum Gasteiger partial charge on any atom is 0.173 e. The predicted molar refractivity (Wildman–Crippen MR) is 123 cm³/mol. The van der Waals surface area contributed by atoms with E-state index in [1.54, 1.807) is 28.4 Å². The molecule has 5 rings (SSSR count). The van der Waals surface area contributed by atoms with Gasteiger partial charge < -0.3 is 28.7 Å². The van der Waals surface area contributed by atoms with Crippen molar-refractivity contribution in [2.24, 2.45) is 4.99 Å². The summed E-state index contributed by atoms with van der Waals surface area (Å²) in [6.45, 7) is 2.66. The normalized spacial score (nSPS) is 20.8. The van der Waals surface area contributed by atoms with E-state index < -0.39 is 0 Å². The second kappa shape index (κ2) is 8.38. The number of amidine groups is 1. The lowest BCUT2D eigenvalue weighted by Crippen LogP contribution is -2.53. The number of nitrogens with zero attached hydrogens (tertiary/aromatic N) is 3. The summed E-state index contributed by atoms with van der Waals surface area (Å²) in [5, 5.41) is 0. The van der Waals surface area contributed by atoms with Crippen LogP contribution in [0.2, 0.25) is 0 Å². The van der Waals surface area contributed by atoms with E-state index in [-0.39, 0.29) is 18.6 Å². The highest BCUT2D eigenvalue weighted by molar-refractivity contribution is 6.09. The minimum Gasteiger partial charge on any atom is -0.493 e. The fourth-order valence-corrected chi connectivity index (χ4v) is 5.16. The maximum absolute atomic E-state index is 5.77. The van der Waals surface area contributed by atoms with Crippen molar-refractivity contribution in [3.05, 3.63) is 41.5 Å². The first-order chi connectivity index (χ1) is 14.7. The van der Waals surface area contributed by atoms with E-state index in [2.05, 4.69) is 28.0 Å². The van der Waals surface area contributed by atoms with Gasteiger partial charge in [0, 0.05) is 19.0 Å². The van der Waals surface area contributed by atoms with Crippen LogP contribution in [0.3, 0.4) is 0 Å². The van der Waals surface area contributed by atoms with Crippen molar-refractivity contribution in [1.82, 2.24) is 4.90 Å². The molecule has 31 heavy (non-hydrogen) atoms. The van der Waals surface area contributed by atoms with Crippen LogP contribution in [0.25, 0.3) is 0 Å². The molecule has 3 heterocycles. The van der Waals surface area contributed by atoms with Gasteiger partial charge in [0.2, 0.25) is 0 Å². The van der Waals surface area contributed by atoms with Crippen LogP contribution in [0.4, 0.5) is 5.69 Å². The Morgan fingerprint density at radius 2 is 1.58 bits per heavy atom. The van der Waals surface area contributed by atoms with E-state index >= 15 is 0 Å². The quantitative estimate of drug-likeness (QED) is 0.701. The molecule has 2 aromatic carbocycles. The van der Waals surface area contributed by atoms with Crippen LogP contribution in [0.5, 0.6) is 23.0 Å². The van der Waals surface area contributed by atoms with Crippen molar-refractivity contribution in [2.45, 2.75) is 18.5 Å². The van der Waals surface area contributed by atoms with Gasteiger partial charge in [-0.15, -0.1) is 12.4 Å². The first kappa shape index (κ1) is 21.4. The molecule has 7 nitrogen and oxygen atoms in total. The van der Waals surface area contributed by atoms with Gasteiger partial charge in [-0.3, -0.25) is 4.99 Å². The Balaban J connectivity index is 0.00000231. The molecule has 0 bridgehead atoms. The summed E-state index contributed by atoms with van der Waals surface area (Å²) in [5.74, 6) is 4.37. The third-order valence-electron chi connectivity index (χ3n) is 6.45. The number of ether oxygens (including phenoxy) is 4. The highest BCUT2D eigenvalue weighted by Crippen LogP contribution is 2.49. The molecule has 1 fully saturated rings. The summed E-state index contributed by atoms with van der Waals surface area (Å²) in [6.07, 6.45) is 1.27. The molecule has 0 saturated carbocycles. The zero-order valence-corrected chi connectivity index (χ0v) is 19.1. The van der Waals surface area contributed by atoms with Crippen LogP contribution in [-0.2, 0) is 0 Å². The Labute approximate surface area is 189 Å². The monoisotopic (exact) mass is 445 g/mol. The fourth-order valence-electron chi connectivity index (χ4n) is 5.16. The van der Waals surface area contributed by atoms with Gasteiger partial charge in [0.05, 0.1) is 46.2 Å². The molecule has 2 aromatic rings. The van der Waals surface area contributed by atoms with E-state index in [9.17, 15) is 0 Å². The Morgan fingerprint density at radius 1 is 0.839 bits per heavy atom. The summed E-state index contributed by atoms with van der Waals surface area (Å²) in [6, 6.07) is 10.4. The van der Waals surface area contributed by atoms with Crippen molar-refractivity contribution in [2.75, 3.05) is 53.0 Å². The molecule has 0 amide bonds. The molecule has 0 aromatic heterocycles. The average molecular weight is 446 g/mol. The van der Waals surface area contributed by atoms with Crippen LogP contribution in [0.1, 0.15) is 23.5 Å². The first-order valence-electron chi connectivity index (χ1n) is 10.3. The molecule has 2 atom stereocenters.